The number of likely N-dealkylation sites (N-methyl/N-ethyl adjacent to an activating group) is 1. The second kappa shape index (κ2) is 8.61. The molecule has 0 heterocycles. The number of thioether (sulfide) groups is 1. The summed E-state index contributed by atoms with van der Waals surface area (Å²) in [5, 5.41) is -0.360. The van der Waals surface area contributed by atoms with Crippen molar-refractivity contribution in [2.75, 3.05) is 26.1 Å². The zero-order valence-corrected chi connectivity index (χ0v) is 16.1. The van der Waals surface area contributed by atoms with Gasteiger partial charge in [-0.2, -0.15) is 29.7 Å². The lowest BCUT2D eigenvalue weighted by Gasteiger charge is -2.22. The number of benzene rings is 1. The molecular formula is C14H18ClF3N2O3S2. The van der Waals surface area contributed by atoms with Crippen LogP contribution in [0, 0.1) is 0 Å². The van der Waals surface area contributed by atoms with Crippen molar-refractivity contribution in [1.29, 1.82) is 0 Å². The summed E-state index contributed by atoms with van der Waals surface area (Å²) in [7, 11) is -1.50. The van der Waals surface area contributed by atoms with Gasteiger partial charge in [0.15, 0.2) is 0 Å². The maximum Gasteiger partial charge on any atom is 0.416 e. The van der Waals surface area contributed by atoms with Gasteiger partial charge >= 0.3 is 6.18 Å². The van der Waals surface area contributed by atoms with Gasteiger partial charge in [-0.25, -0.2) is 8.42 Å². The predicted molar refractivity (Wildman–Crippen MR) is 92.3 cm³/mol. The molecule has 25 heavy (non-hydrogen) atoms. The first-order valence-electron chi connectivity index (χ1n) is 6.99. The summed E-state index contributed by atoms with van der Waals surface area (Å²) in [5.74, 6) is -0.0102. The van der Waals surface area contributed by atoms with E-state index in [0.29, 0.717) is 17.9 Å². The molecule has 0 aliphatic rings. The Kier molecular flexibility index (Phi) is 7.60. The van der Waals surface area contributed by atoms with Crippen molar-refractivity contribution in [3.63, 3.8) is 0 Å². The van der Waals surface area contributed by atoms with Crippen LogP contribution in [-0.4, -0.2) is 51.4 Å². The Hall–Kier alpha value is -0.970. The van der Waals surface area contributed by atoms with Gasteiger partial charge in [0.1, 0.15) is 10.9 Å². The molecule has 1 aromatic carbocycles. The molecule has 5 nitrogen and oxygen atoms in total. The van der Waals surface area contributed by atoms with Crippen molar-refractivity contribution >= 4 is 39.3 Å². The molecule has 0 saturated carbocycles. The number of alkyl halides is 3. The zero-order valence-electron chi connectivity index (χ0n) is 13.7. The first kappa shape index (κ1) is 22.1. The number of hydrogen-bond donors (Lipinski definition) is 1. The van der Waals surface area contributed by atoms with Gasteiger partial charge in [-0.05, 0) is 36.6 Å². The number of carbonyl (C=O) groups excluding carboxylic acids is 1. The number of halogens is 4. The van der Waals surface area contributed by atoms with E-state index in [-0.39, 0.29) is 11.4 Å². The molecule has 0 spiro atoms. The third-order valence-electron chi connectivity index (χ3n) is 3.19. The van der Waals surface area contributed by atoms with Crippen molar-refractivity contribution in [3.8, 4) is 0 Å². The fraction of sp³-hybridized carbons (Fsp3) is 0.500. The molecule has 1 amide bonds. The van der Waals surface area contributed by atoms with Crippen molar-refractivity contribution in [1.82, 2.24) is 9.62 Å². The van der Waals surface area contributed by atoms with Crippen LogP contribution in [0.1, 0.15) is 12.0 Å². The van der Waals surface area contributed by atoms with Gasteiger partial charge in [0.25, 0.3) is 0 Å². The second-order valence-corrected chi connectivity index (χ2v) is 8.41. The minimum atomic E-state index is -4.72. The van der Waals surface area contributed by atoms with E-state index < -0.39 is 38.6 Å². The number of hydrogen-bond acceptors (Lipinski definition) is 4. The molecule has 0 saturated heterocycles. The summed E-state index contributed by atoms with van der Waals surface area (Å²) in [6.07, 6.45) is -2.74. The van der Waals surface area contributed by atoms with Crippen LogP contribution < -0.4 is 4.72 Å². The SMILES string of the molecule is CSCCC(NS(=O)(=O)c1cc(C(F)(F)F)ccc1Cl)C(=O)N(C)C. The predicted octanol–water partition coefficient (Wildman–Crippen LogP) is 2.85. The lowest BCUT2D eigenvalue weighted by molar-refractivity contribution is -0.137. The molecule has 1 N–H and O–H groups in total. The van der Waals surface area contributed by atoms with E-state index in [9.17, 15) is 26.4 Å². The van der Waals surface area contributed by atoms with E-state index in [1.807, 2.05) is 0 Å². The quantitative estimate of drug-likeness (QED) is 0.739. The number of sulfonamides is 1. The standard InChI is InChI=1S/C14H18ClF3N2O3S2/c1-20(2)13(21)11(6-7-24-3)19-25(22,23)12-8-9(14(16,17)18)4-5-10(12)15/h4-5,8,11,19H,6-7H2,1-3H3. The number of nitrogens with zero attached hydrogens (tertiary/aromatic N) is 1. The summed E-state index contributed by atoms with van der Waals surface area (Å²) >= 11 is 7.18. The van der Waals surface area contributed by atoms with E-state index in [4.69, 9.17) is 11.6 Å². The van der Waals surface area contributed by atoms with Crippen molar-refractivity contribution in [3.05, 3.63) is 28.8 Å². The highest BCUT2D eigenvalue weighted by molar-refractivity contribution is 7.98. The van der Waals surface area contributed by atoms with Gasteiger partial charge in [0, 0.05) is 14.1 Å². The molecule has 1 unspecified atom stereocenters. The van der Waals surface area contributed by atoms with E-state index >= 15 is 0 Å². The Morgan fingerprint density at radius 3 is 2.44 bits per heavy atom. The third-order valence-corrected chi connectivity index (χ3v) is 5.79. The average molecular weight is 419 g/mol. The van der Waals surface area contributed by atoms with E-state index in [0.717, 1.165) is 6.07 Å². The molecule has 11 heteroatoms. The monoisotopic (exact) mass is 418 g/mol. The van der Waals surface area contributed by atoms with Gasteiger partial charge in [-0.15, -0.1) is 0 Å². The summed E-state index contributed by atoms with van der Waals surface area (Å²) < 4.78 is 65.6. The Bertz CT molecular complexity index is 725. The highest BCUT2D eigenvalue weighted by Crippen LogP contribution is 2.33. The van der Waals surface area contributed by atoms with Crippen LogP contribution in [0.15, 0.2) is 23.1 Å². The summed E-state index contributed by atoms with van der Waals surface area (Å²) in [4.78, 5) is 12.6. The lowest BCUT2D eigenvalue weighted by Crippen LogP contribution is -2.46. The molecule has 1 aromatic rings. The molecule has 0 aromatic heterocycles. The number of nitrogens with one attached hydrogen (secondary N) is 1. The van der Waals surface area contributed by atoms with Crippen molar-refractivity contribution in [2.45, 2.75) is 23.5 Å². The molecule has 0 radical (unpaired) electrons. The first-order chi connectivity index (χ1) is 11.4. The molecule has 142 valence electrons. The maximum absolute atomic E-state index is 12.8. The largest absolute Gasteiger partial charge is 0.416 e. The lowest BCUT2D eigenvalue weighted by atomic mass is 10.2. The average Bonchev–Trinajstić information content (AvgIpc) is 2.49. The Balaban J connectivity index is 3.24. The highest BCUT2D eigenvalue weighted by atomic mass is 35.5. The van der Waals surface area contributed by atoms with Gasteiger partial charge in [-0.3, -0.25) is 4.79 Å². The molecule has 0 aliphatic heterocycles. The van der Waals surface area contributed by atoms with Crippen LogP contribution in [0.5, 0.6) is 0 Å². The van der Waals surface area contributed by atoms with Gasteiger partial charge in [0.2, 0.25) is 15.9 Å². The number of rotatable bonds is 7. The first-order valence-corrected chi connectivity index (χ1v) is 10.2. The van der Waals surface area contributed by atoms with Crippen LogP contribution in [0.2, 0.25) is 5.02 Å². The molecule has 0 fully saturated rings. The van der Waals surface area contributed by atoms with Crippen LogP contribution in [-0.2, 0) is 21.0 Å². The topological polar surface area (TPSA) is 66.5 Å². The minimum Gasteiger partial charge on any atom is -0.347 e. The minimum absolute atomic E-state index is 0.188. The van der Waals surface area contributed by atoms with Crippen LogP contribution in [0.4, 0.5) is 13.2 Å². The summed E-state index contributed by atoms with van der Waals surface area (Å²) in [6, 6.07) is 0.912. The van der Waals surface area contributed by atoms with Crippen LogP contribution >= 0.6 is 23.4 Å². The summed E-state index contributed by atoms with van der Waals surface area (Å²) in [5.41, 5.74) is -1.14. The van der Waals surface area contributed by atoms with E-state index in [1.165, 1.54) is 30.8 Å². The van der Waals surface area contributed by atoms with Gasteiger partial charge < -0.3 is 4.90 Å². The van der Waals surface area contributed by atoms with Gasteiger partial charge in [-0.1, -0.05) is 11.6 Å². The maximum atomic E-state index is 12.8. The summed E-state index contributed by atoms with van der Waals surface area (Å²) in [6.45, 7) is 0. The van der Waals surface area contributed by atoms with Crippen molar-refractivity contribution in [2.24, 2.45) is 0 Å². The van der Waals surface area contributed by atoms with Crippen LogP contribution in [0.25, 0.3) is 0 Å². The normalized spacial score (nSPS) is 13.6. The molecular weight excluding hydrogens is 401 g/mol. The fourth-order valence-electron chi connectivity index (χ4n) is 1.92. The Morgan fingerprint density at radius 2 is 1.96 bits per heavy atom. The molecule has 1 atom stereocenters. The molecule has 1 rings (SSSR count). The van der Waals surface area contributed by atoms with Gasteiger partial charge in [0.05, 0.1) is 10.6 Å². The number of amides is 1. The highest BCUT2D eigenvalue weighted by Gasteiger charge is 2.34. The second-order valence-electron chi connectivity index (χ2n) is 5.33. The zero-order chi connectivity index (χ0) is 19.4. The van der Waals surface area contributed by atoms with Crippen molar-refractivity contribution < 1.29 is 26.4 Å². The molecule has 0 bridgehead atoms. The third kappa shape index (κ3) is 6.05. The Labute approximate surface area is 154 Å². The Morgan fingerprint density at radius 1 is 1.36 bits per heavy atom. The number of carbonyl (C=O) groups is 1. The smallest absolute Gasteiger partial charge is 0.347 e. The van der Waals surface area contributed by atoms with E-state index in [2.05, 4.69) is 4.72 Å². The molecule has 0 aliphatic carbocycles. The van der Waals surface area contributed by atoms with E-state index in [1.54, 1.807) is 6.26 Å². The fourth-order valence-corrected chi connectivity index (χ4v) is 4.14. The van der Waals surface area contributed by atoms with Crippen LogP contribution in [0.3, 0.4) is 0 Å².